The standard InChI is InChI=1S/C15H21ClN4O2.ClH/c1-10-9-18-5-7-20(10)6-4-14(21)19-11-2-3-12(15(17)22)13(16)8-11;/h2-3,8,10,18H,4-7,9H2,1H3,(H2,17,22)(H,19,21);1H/t10-;/m1./s1. The highest BCUT2D eigenvalue weighted by molar-refractivity contribution is 6.34. The van der Waals surface area contributed by atoms with Crippen LogP contribution in [0.3, 0.4) is 0 Å². The van der Waals surface area contributed by atoms with E-state index in [4.69, 9.17) is 17.3 Å². The molecule has 8 heteroatoms. The summed E-state index contributed by atoms with van der Waals surface area (Å²) in [5.74, 6) is -0.663. The first-order valence-electron chi connectivity index (χ1n) is 7.31. The number of hydrogen-bond donors (Lipinski definition) is 3. The van der Waals surface area contributed by atoms with Gasteiger partial charge in [0.1, 0.15) is 0 Å². The molecule has 0 radical (unpaired) electrons. The van der Waals surface area contributed by atoms with Gasteiger partial charge in [-0.25, -0.2) is 0 Å². The van der Waals surface area contributed by atoms with Crippen molar-refractivity contribution in [2.45, 2.75) is 19.4 Å². The summed E-state index contributed by atoms with van der Waals surface area (Å²) < 4.78 is 0. The quantitative estimate of drug-likeness (QED) is 0.742. The normalized spacial score (nSPS) is 18.1. The van der Waals surface area contributed by atoms with Crippen LogP contribution in [0.25, 0.3) is 0 Å². The van der Waals surface area contributed by atoms with E-state index in [1.807, 2.05) is 0 Å². The molecule has 0 aliphatic carbocycles. The number of nitrogens with zero attached hydrogens (tertiary/aromatic N) is 1. The summed E-state index contributed by atoms with van der Waals surface area (Å²) in [5.41, 5.74) is 6.00. The van der Waals surface area contributed by atoms with Crippen LogP contribution < -0.4 is 16.4 Å². The van der Waals surface area contributed by atoms with Gasteiger partial charge in [-0.1, -0.05) is 11.6 Å². The molecule has 1 aliphatic heterocycles. The summed E-state index contributed by atoms with van der Waals surface area (Å²) in [6, 6.07) is 5.11. The number of benzene rings is 1. The lowest BCUT2D eigenvalue weighted by atomic mass is 10.2. The van der Waals surface area contributed by atoms with E-state index < -0.39 is 5.91 Å². The number of rotatable bonds is 5. The molecule has 0 saturated carbocycles. The SMILES string of the molecule is C[C@@H]1CNCCN1CCC(=O)Nc1ccc(C(N)=O)c(Cl)c1.Cl. The number of nitrogens with two attached hydrogens (primary N) is 1. The minimum Gasteiger partial charge on any atom is -0.366 e. The van der Waals surface area contributed by atoms with Crippen molar-refractivity contribution in [3.63, 3.8) is 0 Å². The highest BCUT2D eigenvalue weighted by Gasteiger charge is 2.18. The summed E-state index contributed by atoms with van der Waals surface area (Å²) in [5, 5.41) is 6.34. The molecule has 1 atom stereocenters. The summed E-state index contributed by atoms with van der Waals surface area (Å²) in [4.78, 5) is 25.4. The van der Waals surface area contributed by atoms with Crippen molar-refractivity contribution in [2.24, 2.45) is 5.73 Å². The number of amides is 2. The number of anilines is 1. The van der Waals surface area contributed by atoms with Crippen molar-refractivity contribution < 1.29 is 9.59 Å². The van der Waals surface area contributed by atoms with Crippen LogP contribution in [0.2, 0.25) is 5.02 Å². The lowest BCUT2D eigenvalue weighted by molar-refractivity contribution is -0.116. The molecule has 1 saturated heterocycles. The molecular weight excluding hydrogens is 339 g/mol. The van der Waals surface area contributed by atoms with Crippen LogP contribution in [0.15, 0.2) is 18.2 Å². The van der Waals surface area contributed by atoms with Crippen LogP contribution >= 0.6 is 24.0 Å². The van der Waals surface area contributed by atoms with Gasteiger partial charge in [0.25, 0.3) is 0 Å². The first-order chi connectivity index (χ1) is 10.5. The molecule has 0 bridgehead atoms. The van der Waals surface area contributed by atoms with Gasteiger partial charge in [-0.2, -0.15) is 0 Å². The Morgan fingerprint density at radius 2 is 2.22 bits per heavy atom. The Kier molecular flexibility index (Phi) is 7.78. The van der Waals surface area contributed by atoms with Gasteiger partial charge in [-0.15, -0.1) is 12.4 Å². The number of carbonyl (C=O) groups excluding carboxylic acids is 2. The summed E-state index contributed by atoms with van der Waals surface area (Å²) in [6.45, 7) is 5.73. The Morgan fingerprint density at radius 3 is 2.83 bits per heavy atom. The second-order valence-corrected chi connectivity index (χ2v) is 5.85. The molecule has 2 amide bonds. The topological polar surface area (TPSA) is 87.5 Å². The second-order valence-electron chi connectivity index (χ2n) is 5.45. The van der Waals surface area contributed by atoms with Crippen molar-refractivity contribution in [3.8, 4) is 0 Å². The van der Waals surface area contributed by atoms with Crippen molar-refractivity contribution >= 4 is 41.5 Å². The molecule has 0 spiro atoms. The molecule has 128 valence electrons. The highest BCUT2D eigenvalue weighted by Crippen LogP contribution is 2.20. The second kappa shape index (κ2) is 9.08. The third-order valence-electron chi connectivity index (χ3n) is 3.78. The zero-order valence-corrected chi connectivity index (χ0v) is 14.5. The van der Waals surface area contributed by atoms with Crippen LogP contribution in [0, 0.1) is 0 Å². The van der Waals surface area contributed by atoms with Crippen LogP contribution in [0.1, 0.15) is 23.7 Å². The maximum absolute atomic E-state index is 12.0. The zero-order valence-electron chi connectivity index (χ0n) is 13.0. The fourth-order valence-corrected chi connectivity index (χ4v) is 2.75. The fourth-order valence-electron chi connectivity index (χ4n) is 2.48. The average Bonchev–Trinajstić information content (AvgIpc) is 2.46. The summed E-state index contributed by atoms with van der Waals surface area (Å²) in [7, 11) is 0. The van der Waals surface area contributed by atoms with E-state index in [1.54, 1.807) is 6.07 Å². The predicted molar refractivity (Wildman–Crippen MR) is 94.4 cm³/mol. The number of nitrogens with one attached hydrogen (secondary N) is 2. The Balaban J connectivity index is 0.00000264. The van der Waals surface area contributed by atoms with E-state index in [2.05, 4.69) is 22.5 Å². The third-order valence-corrected chi connectivity index (χ3v) is 4.10. The molecular formula is C15H22Cl2N4O2. The molecule has 1 aromatic rings. The molecule has 6 nitrogen and oxygen atoms in total. The number of primary amides is 1. The fraction of sp³-hybridized carbons (Fsp3) is 0.467. The monoisotopic (exact) mass is 360 g/mol. The molecule has 1 aliphatic rings. The smallest absolute Gasteiger partial charge is 0.250 e. The van der Waals surface area contributed by atoms with Gasteiger partial charge in [0, 0.05) is 44.3 Å². The van der Waals surface area contributed by atoms with Crippen LogP contribution in [0.5, 0.6) is 0 Å². The van der Waals surface area contributed by atoms with E-state index in [0.717, 1.165) is 26.2 Å². The Bertz CT molecular complexity index is 568. The van der Waals surface area contributed by atoms with E-state index in [9.17, 15) is 9.59 Å². The number of carbonyl (C=O) groups is 2. The van der Waals surface area contributed by atoms with E-state index in [-0.39, 0.29) is 28.9 Å². The molecule has 0 aromatic heterocycles. The van der Waals surface area contributed by atoms with Gasteiger partial charge in [0.05, 0.1) is 10.6 Å². The first-order valence-corrected chi connectivity index (χ1v) is 7.69. The summed E-state index contributed by atoms with van der Waals surface area (Å²) >= 11 is 5.96. The van der Waals surface area contributed by atoms with Crippen LogP contribution in [-0.4, -0.2) is 48.9 Å². The largest absolute Gasteiger partial charge is 0.366 e. The van der Waals surface area contributed by atoms with Crippen molar-refractivity contribution in [3.05, 3.63) is 28.8 Å². The molecule has 4 N–H and O–H groups in total. The minimum atomic E-state index is -0.587. The van der Waals surface area contributed by atoms with Gasteiger partial charge >= 0.3 is 0 Å². The Labute approximate surface area is 147 Å². The maximum atomic E-state index is 12.0. The van der Waals surface area contributed by atoms with E-state index >= 15 is 0 Å². The summed E-state index contributed by atoms with van der Waals surface area (Å²) in [6.07, 6.45) is 0.416. The maximum Gasteiger partial charge on any atom is 0.250 e. The van der Waals surface area contributed by atoms with Crippen molar-refractivity contribution in [1.29, 1.82) is 0 Å². The molecule has 2 rings (SSSR count). The molecule has 1 aromatic carbocycles. The highest BCUT2D eigenvalue weighted by atomic mass is 35.5. The van der Waals surface area contributed by atoms with Gasteiger partial charge in [0.2, 0.25) is 11.8 Å². The van der Waals surface area contributed by atoms with Crippen LogP contribution in [0.4, 0.5) is 5.69 Å². The first kappa shape index (κ1) is 19.7. The van der Waals surface area contributed by atoms with Crippen molar-refractivity contribution in [2.75, 3.05) is 31.5 Å². The third kappa shape index (κ3) is 5.66. The number of piperazine rings is 1. The number of hydrogen-bond acceptors (Lipinski definition) is 4. The van der Waals surface area contributed by atoms with Crippen LogP contribution in [-0.2, 0) is 4.79 Å². The number of halogens is 2. The molecule has 1 fully saturated rings. The minimum absolute atomic E-state index is 0. The lowest BCUT2D eigenvalue weighted by Gasteiger charge is -2.33. The predicted octanol–water partition coefficient (Wildman–Crippen LogP) is 1.48. The van der Waals surface area contributed by atoms with Gasteiger partial charge in [0.15, 0.2) is 0 Å². The van der Waals surface area contributed by atoms with Gasteiger partial charge in [-0.05, 0) is 25.1 Å². The Morgan fingerprint density at radius 1 is 1.48 bits per heavy atom. The van der Waals surface area contributed by atoms with E-state index in [0.29, 0.717) is 18.2 Å². The Hall–Kier alpha value is -1.34. The zero-order chi connectivity index (χ0) is 16.1. The van der Waals surface area contributed by atoms with Crippen molar-refractivity contribution in [1.82, 2.24) is 10.2 Å². The molecule has 1 heterocycles. The van der Waals surface area contributed by atoms with Gasteiger partial charge < -0.3 is 16.4 Å². The average molecular weight is 361 g/mol. The van der Waals surface area contributed by atoms with E-state index in [1.165, 1.54) is 12.1 Å². The molecule has 0 unspecified atom stereocenters. The lowest BCUT2D eigenvalue weighted by Crippen LogP contribution is -2.50. The van der Waals surface area contributed by atoms with Gasteiger partial charge in [-0.3, -0.25) is 14.5 Å². The molecule has 23 heavy (non-hydrogen) atoms.